The fourth-order valence-electron chi connectivity index (χ4n) is 3.69. The van der Waals surface area contributed by atoms with Crippen LogP contribution in [-0.2, 0) is 0 Å². The zero-order chi connectivity index (χ0) is 19.3. The van der Waals surface area contributed by atoms with E-state index in [1.54, 1.807) is 18.3 Å². The van der Waals surface area contributed by atoms with Crippen molar-refractivity contribution < 1.29 is 5.11 Å². The molecule has 0 fully saturated rings. The van der Waals surface area contributed by atoms with Gasteiger partial charge in [0.05, 0.1) is 16.7 Å². The molecule has 0 unspecified atom stereocenters. The number of phenolic OH excluding ortho intramolecular Hbond substituents is 1. The van der Waals surface area contributed by atoms with Crippen molar-refractivity contribution in [3.63, 3.8) is 0 Å². The van der Waals surface area contributed by atoms with Gasteiger partial charge >= 0.3 is 0 Å². The molecule has 5 heteroatoms. The Kier molecular flexibility index (Phi) is 3.69. The predicted molar refractivity (Wildman–Crippen MR) is 111 cm³/mol. The Hall–Kier alpha value is -3.60. The number of hydrogen-bond donors (Lipinski definition) is 1. The number of pyridine rings is 1. The molecule has 0 saturated carbocycles. The normalized spacial score (nSPS) is 11.7. The maximum Gasteiger partial charge on any atom is 0.140 e. The number of aromatic hydroxyl groups is 1. The van der Waals surface area contributed by atoms with Crippen LogP contribution in [0, 0.1) is 0 Å². The molecule has 0 saturated heterocycles. The van der Waals surface area contributed by atoms with Gasteiger partial charge in [-0.1, -0.05) is 32.0 Å². The highest BCUT2D eigenvalue weighted by atomic mass is 16.3. The van der Waals surface area contributed by atoms with Crippen molar-refractivity contribution in [2.24, 2.45) is 0 Å². The SMILES string of the molecule is CC(C)c1cc(-n2cccn2)cc(-n2c3ccccc3c3ccc(O)cc32)n1. The number of fused-ring (bicyclic) bond motifs is 3. The molecular weight excluding hydrogens is 348 g/mol. The van der Waals surface area contributed by atoms with Crippen molar-refractivity contribution in [1.29, 1.82) is 0 Å². The first kappa shape index (κ1) is 16.6. The molecule has 3 heterocycles. The Bertz CT molecular complexity index is 1300. The lowest BCUT2D eigenvalue weighted by Gasteiger charge is -2.14. The minimum atomic E-state index is 0.240. The monoisotopic (exact) mass is 368 g/mol. The summed E-state index contributed by atoms with van der Waals surface area (Å²) in [5.41, 5.74) is 3.95. The molecule has 0 aliphatic rings. The van der Waals surface area contributed by atoms with Crippen molar-refractivity contribution in [3.05, 3.63) is 78.8 Å². The predicted octanol–water partition coefficient (Wildman–Crippen LogP) is 5.19. The molecule has 5 rings (SSSR count). The van der Waals surface area contributed by atoms with E-state index in [0.717, 1.165) is 39.0 Å². The smallest absolute Gasteiger partial charge is 0.140 e. The van der Waals surface area contributed by atoms with Gasteiger partial charge in [-0.25, -0.2) is 9.67 Å². The Balaban J connectivity index is 1.88. The highest BCUT2D eigenvalue weighted by Gasteiger charge is 2.16. The molecule has 0 bridgehead atoms. The van der Waals surface area contributed by atoms with Gasteiger partial charge in [0.15, 0.2) is 0 Å². The quantitative estimate of drug-likeness (QED) is 0.477. The van der Waals surface area contributed by atoms with Gasteiger partial charge in [-0.15, -0.1) is 0 Å². The fourth-order valence-corrected chi connectivity index (χ4v) is 3.69. The maximum atomic E-state index is 10.1. The minimum absolute atomic E-state index is 0.240. The second kappa shape index (κ2) is 6.23. The van der Waals surface area contributed by atoms with Crippen molar-refractivity contribution in [1.82, 2.24) is 19.3 Å². The van der Waals surface area contributed by atoms with Crippen molar-refractivity contribution >= 4 is 21.8 Å². The molecule has 0 amide bonds. The standard InChI is InChI=1S/C23H20N4O/c1-15(2)20-12-16(26-11-5-10-24-26)13-23(25-20)27-21-7-4-3-6-18(21)19-9-8-17(28)14-22(19)27/h3-15,28H,1-2H3. The molecule has 0 atom stereocenters. The lowest BCUT2D eigenvalue weighted by atomic mass is 10.1. The summed E-state index contributed by atoms with van der Waals surface area (Å²) < 4.78 is 3.96. The van der Waals surface area contributed by atoms with Crippen molar-refractivity contribution in [2.45, 2.75) is 19.8 Å². The zero-order valence-electron chi connectivity index (χ0n) is 15.7. The Labute approximate surface area is 162 Å². The van der Waals surface area contributed by atoms with Gasteiger partial charge in [-0.3, -0.25) is 4.57 Å². The summed E-state index contributed by atoms with van der Waals surface area (Å²) in [6.45, 7) is 4.27. The first-order valence-corrected chi connectivity index (χ1v) is 9.36. The van der Waals surface area contributed by atoms with E-state index in [1.807, 2.05) is 41.2 Å². The van der Waals surface area contributed by atoms with E-state index in [1.165, 1.54) is 0 Å². The van der Waals surface area contributed by atoms with Crippen LogP contribution in [0.25, 0.3) is 33.3 Å². The highest BCUT2D eigenvalue weighted by Crippen LogP contribution is 2.34. The average Bonchev–Trinajstić information content (AvgIpc) is 3.33. The van der Waals surface area contributed by atoms with Gasteiger partial charge in [-0.05, 0) is 36.2 Å². The summed E-state index contributed by atoms with van der Waals surface area (Å²) in [4.78, 5) is 4.96. The van der Waals surface area contributed by atoms with E-state index in [9.17, 15) is 5.11 Å². The summed E-state index contributed by atoms with van der Waals surface area (Å²) in [7, 11) is 0. The maximum absolute atomic E-state index is 10.1. The summed E-state index contributed by atoms with van der Waals surface area (Å²) in [6, 6.07) is 19.8. The average molecular weight is 368 g/mol. The number of aromatic nitrogens is 4. The van der Waals surface area contributed by atoms with Gasteiger partial charge in [0.25, 0.3) is 0 Å². The van der Waals surface area contributed by atoms with Crippen LogP contribution in [0.5, 0.6) is 5.75 Å². The molecule has 28 heavy (non-hydrogen) atoms. The molecule has 2 aromatic carbocycles. The van der Waals surface area contributed by atoms with Crippen LogP contribution in [0.2, 0.25) is 0 Å². The molecule has 5 aromatic rings. The Morgan fingerprint density at radius 3 is 2.50 bits per heavy atom. The van der Waals surface area contributed by atoms with Crippen molar-refractivity contribution in [2.75, 3.05) is 0 Å². The first-order valence-electron chi connectivity index (χ1n) is 9.36. The Morgan fingerprint density at radius 1 is 0.893 bits per heavy atom. The summed E-state index contributed by atoms with van der Waals surface area (Å²) in [5.74, 6) is 1.33. The molecule has 0 spiro atoms. The summed E-state index contributed by atoms with van der Waals surface area (Å²) in [5, 5.41) is 16.7. The van der Waals surface area contributed by atoms with Crippen molar-refractivity contribution in [3.8, 4) is 17.3 Å². The van der Waals surface area contributed by atoms with Crippen LogP contribution in [0.3, 0.4) is 0 Å². The number of phenols is 1. The third kappa shape index (κ3) is 2.55. The van der Waals surface area contributed by atoms with Crippen LogP contribution < -0.4 is 0 Å². The Morgan fingerprint density at radius 2 is 1.71 bits per heavy atom. The van der Waals surface area contributed by atoms with Gasteiger partial charge in [0.1, 0.15) is 11.6 Å². The third-order valence-electron chi connectivity index (χ3n) is 5.06. The molecule has 3 aromatic heterocycles. The van der Waals surface area contributed by atoms with Gasteiger partial charge in [-0.2, -0.15) is 5.10 Å². The first-order chi connectivity index (χ1) is 13.6. The number of nitrogens with zero attached hydrogens (tertiary/aromatic N) is 4. The van der Waals surface area contributed by atoms with E-state index in [-0.39, 0.29) is 11.7 Å². The van der Waals surface area contributed by atoms with E-state index < -0.39 is 0 Å². The molecule has 1 N–H and O–H groups in total. The molecule has 0 aliphatic carbocycles. The lowest BCUT2D eigenvalue weighted by Crippen LogP contribution is -2.05. The van der Waals surface area contributed by atoms with E-state index in [2.05, 4.69) is 41.7 Å². The van der Waals surface area contributed by atoms with Gasteiger partial charge in [0, 0.05) is 41.0 Å². The van der Waals surface area contributed by atoms with Crippen LogP contribution in [0.1, 0.15) is 25.5 Å². The third-order valence-corrected chi connectivity index (χ3v) is 5.06. The molecule has 0 radical (unpaired) electrons. The number of para-hydroxylation sites is 1. The van der Waals surface area contributed by atoms with Crippen LogP contribution in [-0.4, -0.2) is 24.4 Å². The summed E-state index contributed by atoms with van der Waals surface area (Å²) >= 11 is 0. The number of hydrogen-bond acceptors (Lipinski definition) is 3. The van der Waals surface area contributed by atoms with E-state index >= 15 is 0 Å². The summed E-state index contributed by atoms with van der Waals surface area (Å²) in [6.07, 6.45) is 3.70. The molecule has 138 valence electrons. The molecular formula is C23H20N4O. The van der Waals surface area contributed by atoms with Crippen LogP contribution in [0.15, 0.2) is 73.1 Å². The highest BCUT2D eigenvalue weighted by molar-refractivity contribution is 6.09. The van der Waals surface area contributed by atoms with E-state index in [4.69, 9.17) is 4.98 Å². The van der Waals surface area contributed by atoms with Gasteiger partial charge < -0.3 is 5.11 Å². The number of rotatable bonds is 3. The second-order valence-corrected chi connectivity index (χ2v) is 7.27. The largest absolute Gasteiger partial charge is 0.508 e. The van der Waals surface area contributed by atoms with Crippen LogP contribution in [0.4, 0.5) is 0 Å². The minimum Gasteiger partial charge on any atom is -0.508 e. The lowest BCUT2D eigenvalue weighted by molar-refractivity contribution is 0.476. The van der Waals surface area contributed by atoms with Crippen LogP contribution >= 0.6 is 0 Å². The molecule has 0 aliphatic heterocycles. The zero-order valence-corrected chi connectivity index (χ0v) is 15.7. The number of benzene rings is 2. The molecule has 5 nitrogen and oxygen atoms in total. The van der Waals surface area contributed by atoms with E-state index in [0.29, 0.717) is 0 Å². The second-order valence-electron chi connectivity index (χ2n) is 7.27. The van der Waals surface area contributed by atoms with Gasteiger partial charge in [0.2, 0.25) is 0 Å². The fraction of sp³-hybridized carbons (Fsp3) is 0.130. The topological polar surface area (TPSA) is 55.9 Å².